The molecule has 0 radical (unpaired) electrons. The quantitative estimate of drug-likeness (QED) is 0.902. The van der Waals surface area contributed by atoms with Crippen LogP contribution in [0.25, 0.3) is 0 Å². The smallest absolute Gasteiger partial charge is 0.416 e. The van der Waals surface area contributed by atoms with E-state index in [0.29, 0.717) is 15.7 Å². The lowest BCUT2D eigenvalue weighted by Crippen LogP contribution is -2.04. The number of carboxylic acids is 1. The Labute approximate surface area is 115 Å². The predicted molar refractivity (Wildman–Crippen MR) is 68.5 cm³/mol. The first-order valence-corrected chi connectivity index (χ1v) is 6.24. The van der Waals surface area contributed by atoms with Crippen molar-refractivity contribution in [1.82, 2.24) is 4.98 Å². The molecule has 2 aromatic rings. The Morgan fingerprint density at radius 2 is 1.90 bits per heavy atom. The molecule has 0 aliphatic carbocycles. The van der Waals surface area contributed by atoms with Crippen molar-refractivity contribution >= 4 is 28.1 Å². The van der Waals surface area contributed by atoms with Gasteiger partial charge in [0.25, 0.3) is 0 Å². The van der Waals surface area contributed by atoms with E-state index in [9.17, 15) is 18.0 Å². The van der Waals surface area contributed by atoms with Crippen LogP contribution in [0.2, 0.25) is 0 Å². The van der Waals surface area contributed by atoms with Crippen molar-refractivity contribution < 1.29 is 23.1 Å². The number of nitrogens with zero attached hydrogens (tertiary/aromatic N) is 1. The van der Waals surface area contributed by atoms with E-state index in [1.54, 1.807) is 6.92 Å². The van der Waals surface area contributed by atoms with Gasteiger partial charge in [0, 0.05) is 10.6 Å². The number of rotatable bonds is 3. The highest BCUT2D eigenvalue weighted by atomic mass is 32.1. The molecule has 0 saturated carbocycles. The first-order chi connectivity index (χ1) is 9.27. The van der Waals surface area contributed by atoms with E-state index in [1.807, 2.05) is 0 Å². The van der Waals surface area contributed by atoms with Crippen LogP contribution in [0.5, 0.6) is 0 Å². The minimum Gasteiger partial charge on any atom is -0.476 e. The molecule has 2 N–H and O–H groups in total. The third kappa shape index (κ3) is 3.08. The Morgan fingerprint density at radius 3 is 2.35 bits per heavy atom. The molecule has 0 amide bonds. The van der Waals surface area contributed by atoms with Gasteiger partial charge < -0.3 is 10.4 Å². The Morgan fingerprint density at radius 1 is 1.30 bits per heavy atom. The molecule has 0 saturated heterocycles. The van der Waals surface area contributed by atoms with Crippen LogP contribution in [-0.4, -0.2) is 16.1 Å². The monoisotopic (exact) mass is 302 g/mol. The Bertz CT molecular complexity index is 635. The lowest BCUT2D eigenvalue weighted by atomic mass is 10.2. The van der Waals surface area contributed by atoms with Gasteiger partial charge in [0.1, 0.15) is 0 Å². The van der Waals surface area contributed by atoms with Crippen molar-refractivity contribution in [3.05, 3.63) is 40.4 Å². The normalized spacial score (nSPS) is 11.4. The molecule has 0 fully saturated rings. The van der Waals surface area contributed by atoms with Gasteiger partial charge in [0.05, 0.1) is 5.56 Å². The first kappa shape index (κ1) is 14.3. The molecule has 0 unspecified atom stereocenters. The summed E-state index contributed by atoms with van der Waals surface area (Å²) in [5, 5.41) is 12.0. The second kappa shape index (κ2) is 5.12. The van der Waals surface area contributed by atoms with Crippen LogP contribution >= 0.6 is 11.3 Å². The molecule has 0 spiro atoms. The number of aryl methyl sites for hydroxylation is 1. The molecule has 0 bridgehead atoms. The van der Waals surface area contributed by atoms with Crippen molar-refractivity contribution in [1.29, 1.82) is 0 Å². The molecule has 106 valence electrons. The fraction of sp³-hybridized carbons (Fsp3) is 0.167. The van der Waals surface area contributed by atoms with Gasteiger partial charge in [0.2, 0.25) is 0 Å². The number of aromatic carboxylic acids is 1. The fourth-order valence-electron chi connectivity index (χ4n) is 1.51. The van der Waals surface area contributed by atoms with Crippen molar-refractivity contribution in [2.24, 2.45) is 0 Å². The summed E-state index contributed by atoms with van der Waals surface area (Å²) in [4.78, 5) is 15.2. The van der Waals surface area contributed by atoms with Gasteiger partial charge in [-0.05, 0) is 31.2 Å². The van der Waals surface area contributed by atoms with E-state index >= 15 is 0 Å². The van der Waals surface area contributed by atoms with Crippen LogP contribution in [0.4, 0.5) is 24.0 Å². The maximum absolute atomic E-state index is 12.4. The van der Waals surface area contributed by atoms with Crippen LogP contribution < -0.4 is 5.32 Å². The zero-order chi connectivity index (χ0) is 14.9. The fourth-order valence-corrected chi connectivity index (χ4v) is 2.34. The molecule has 0 aliphatic heterocycles. The summed E-state index contributed by atoms with van der Waals surface area (Å²) in [7, 11) is 0. The number of hydrogen-bond donors (Lipinski definition) is 2. The largest absolute Gasteiger partial charge is 0.476 e. The molecule has 1 aromatic heterocycles. The van der Waals surface area contributed by atoms with Gasteiger partial charge in [-0.3, -0.25) is 0 Å². The summed E-state index contributed by atoms with van der Waals surface area (Å²) in [6, 6.07) is 4.42. The number of nitrogens with one attached hydrogen (secondary N) is 1. The van der Waals surface area contributed by atoms with Gasteiger partial charge >= 0.3 is 12.1 Å². The number of carbonyl (C=O) groups is 1. The molecule has 0 atom stereocenters. The molecular weight excluding hydrogens is 293 g/mol. The summed E-state index contributed by atoms with van der Waals surface area (Å²) in [5.41, 5.74) is -0.405. The maximum atomic E-state index is 12.4. The zero-order valence-corrected chi connectivity index (χ0v) is 11.0. The highest BCUT2D eigenvalue weighted by Crippen LogP contribution is 2.31. The van der Waals surface area contributed by atoms with Gasteiger partial charge in [-0.25, -0.2) is 9.78 Å². The summed E-state index contributed by atoms with van der Waals surface area (Å²) < 4.78 is 37.2. The third-order valence-corrected chi connectivity index (χ3v) is 3.35. The van der Waals surface area contributed by atoms with Crippen molar-refractivity contribution in [3.63, 3.8) is 0 Å². The zero-order valence-electron chi connectivity index (χ0n) is 10.2. The summed E-state index contributed by atoms with van der Waals surface area (Å²) in [6.45, 7) is 1.61. The molecule has 1 aromatic carbocycles. The molecular formula is C12H9F3N2O2S. The van der Waals surface area contributed by atoms with Crippen molar-refractivity contribution in [3.8, 4) is 0 Å². The Kier molecular flexibility index (Phi) is 3.67. The lowest BCUT2D eigenvalue weighted by molar-refractivity contribution is -0.137. The molecule has 1 heterocycles. The predicted octanol–water partition coefficient (Wildman–Crippen LogP) is 3.91. The maximum Gasteiger partial charge on any atom is 0.416 e. The van der Waals surface area contributed by atoms with Crippen LogP contribution in [0, 0.1) is 6.92 Å². The topological polar surface area (TPSA) is 62.2 Å². The molecule has 2 rings (SSSR count). The highest BCUT2D eigenvalue weighted by Gasteiger charge is 2.29. The van der Waals surface area contributed by atoms with Gasteiger partial charge in [-0.2, -0.15) is 13.2 Å². The molecule has 20 heavy (non-hydrogen) atoms. The summed E-state index contributed by atoms with van der Waals surface area (Å²) in [5.74, 6) is -1.14. The molecule has 8 heteroatoms. The molecule has 4 nitrogen and oxygen atoms in total. The van der Waals surface area contributed by atoms with Gasteiger partial charge in [-0.1, -0.05) is 0 Å². The standard InChI is InChI=1S/C12H9F3N2O2S/c1-6-9(10(18)19)17-11(20-6)16-8-4-2-7(3-5-8)12(13,14)15/h2-5H,1H3,(H,16,17)(H,18,19). The number of hydrogen-bond acceptors (Lipinski definition) is 4. The average Bonchev–Trinajstić information content (AvgIpc) is 2.70. The van der Waals surface area contributed by atoms with Crippen LogP contribution in [-0.2, 0) is 6.18 Å². The van der Waals surface area contributed by atoms with Crippen molar-refractivity contribution in [2.45, 2.75) is 13.1 Å². The second-order valence-corrected chi connectivity index (χ2v) is 5.13. The van der Waals surface area contributed by atoms with E-state index < -0.39 is 17.7 Å². The highest BCUT2D eigenvalue weighted by molar-refractivity contribution is 7.15. The average molecular weight is 302 g/mol. The minimum absolute atomic E-state index is 0.0654. The van der Waals surface area contributed by atoms with Gasteiger partial charge in [-0.15, -0.1) is 11.3 Å². The number of benzene rings is 1. The Balaban J connectivity index is 2.18. The third-order valence-electron chi connectivity index (χ3n) is 2.46. The summed E-state index contributed by atoms with van der Waals surface area (Å²) >= 11 is 1.12. The number of thiazole rings is 1. The van der Waals surface area contributed by atoms with Crippen LogP contribution in [0.15, 0.2) is 24.3 Å². The number of anilines is 2. The minimum atomic E-state index is -4.38. The van der Waals surface area contributed by atoms with Crippen LogP contribution in [0.3, 0.4) is 0 Å². The van der Waals surface area contributed by atoms with E-state index in [0.717, 1.165) is 23.5 Å². The SMILES string of the molecule is Cc1sc(Nc2ccc(C(F)(F)F)cc2)nc1C(=O)O. The van der Waals surface area contributed by atoms with Gasteiger partial charge in [0.15, 0.2) is 10.8 Å². The molecule has 0 aliphatic rings. The Hall–Kier alpha value is -2.09. The van der Waals surface area contributed by atoms with E-state index in [4.69, 9.17) is 5.11 Å². The number of aromatic nitrogens is 1. The number of carboxylic acid groups (broad SMARTS) is 1. The van der Waals surface area contributed by atoms with E-state index in [-0.39, 0.29) is 5.69 Å². The summed E-state index contributed by atoms with van der Waals surface area (Å²) in [6.07, 6.45) is -4.38. The number of alkyl halides is 3. The first-order valence-electron chi connectivity index (χ1n) is 5.42. The van der Waals surface area contributed by atoms with E-state index in [1.165, 1.54) is 12.1 Å². The van der Waals surface area contributed by atoms with E-state index in [2.05, 4.69) is 10.3 Å². The van der Waals surface area contributed by atoms with Crippen molar-refractivity contribution in [2.75, 3.05) is 5.32 Å². The van der Waals surface area contributed by atoms with Crippen LogP contribution in [0.1, 0.15) is 20.9 Å². The number of halogens is 3. The second-order valence-electron chi connectivity index (χ2n) is 3.93. The lowest BCUT2D eigenvalue weighted by Gasteiger charge is -2.07.